The van der Waals surface area contributed by atoms with Gasteiger partial charge < -0.3 is 4.74 Å². The quantitative estimate of drug-likeness (QED) is 0.368. The number of aryl methyl sites for hydroxylation is 2. The molecule has 0 aliphatic rings. The minimum atomic E-state index is -0.435. The molecule has 21 heavy (non-hydrogen) atoms. The molecular formula is C15H13Br2NO3. The fourth-order valence-electron chi connectivity index (χ4n) is 2.00. The molecule has 2 aromatic carbocycles. The smallest absolute Gasteiger partial charge is 0.312 e. The number of hydrogen-bond donors (Lipinski definition) is 0. The average molecular weight is 415 g/mol. The van der Waals surface area contributed by atoms with Crippen molar-refractivity contribution in [1.82, 2.24) is 0 Å². The third kappa shape index (κ3) is 3.63. The molecule has 6 heteroatoms. The topological polar surface area (TPSA) is 52.4 Å². The predicted molar refractivity (Wildman–Crippen MR) is 89.4 cm³/mol. The molecule has 110 valence electrons. The van der Waals surface area contributed by atoms with Crippen LogP contribution in [0.2, 0.25) is 0 Å². The van der Waals surface area contributed by atoms with Crippen LogP contribution in [0.5, 0.6) is 11.5 Å². The molecule has 0 amide bonds. The molecule has 0 bridgehead atoms. The van der Waals surface area contributed by atoms with Crippen molar-refractivity contribution in [2.45, 2.75) is 19.2 Å². The molecule has 0 fully saturated rings. The molecule has 0 spiro atoms. The van der Waals surface area contributed by atoms with E-state index < -0.39 is 4.92 Å². The van der Waals surface area contributed by atoms with E-state index in [0.717, 1.165) is 11.1 Å². The van der Waals surface area contributed by atoms with Gasteiger partial charge in [0.15, 0.2) is 0 Å². The average Bonchev–Trinajstić information content (AvgIpc) is 2.42. The van der Waals surface area contributed by atoms with Gasteiger partial charge in [-0.25, -0.2) is 0 Å². The highest BCUT2D eigenvalue weighted by Gasteiger charge is 2.20. The monoisotopic (exact) mass is 413 g/mol. The summed E-state index contributed by atoms with van der Waals surface area (Å²) in [4.78, 5) is 10.8. The van der Waals surface area contributed by atoms with Crippen LogP contribution in [0.1, 0.15) is 16.7 Å². The van der Waals surface area contributed by atoms with Crippen molar-refractivity contribution in [1.29, 1.82) is 0 Å². The van der Waals surface area contributed by atoms with Gasteiger partial charge in [0, 0.05) is 21.4 Å². The summed E-state index contributed by atoms with van der Waals surface area (Å²) in [5.41, 5.74) is 2.71. The van der Waals surface area contributed by atoms with Crippen molar-refractivity contribution >= 4 is 37.5 Å². The number of benzene rings is 2. The highest BCUT2D eigenvalue weighted by atomic mass is 79.9. The van der Waals surface area contributed by atoms with E-state index in [1.807, 2.05) is 25.1 Å². The highest BCUT2D eigenvalue weighted by Crippen LogP contribution is 2.38. The fraction of sp³-hybridized carbons (Fsp3) is 0.200. The summed E-state index contributed by atoms with van der Waals surface area (Å²) in [5, 5.41) is 11.8. The Labute approximate surface area is 139 Å². The third-order valence-corrected chi connectivity index (χ3v) is 4.05. The zero-order valence-electron chi connectivity index (χ0n) is 11.5. The molecule has 0 aliphatic carbocycles. The van der Waals surface area contributed by atoms with E-state index in [9.17, 15) is 10.1 Å². The standard InChI is InChI=1S/C15H13Br2NO3/c1-9-3-4-14(11(5-9)8-16)21-15-10(2)6-12(17)7-13(15)18(19)20/h3-7H,8H2,1-2H3. The largest absolute Gasteiger partial charge is 0.450 e. The first-order valence-corrected chi connectivity index (χ1v) is 8.11. The lowest BCUT2D eigenvalue weighted by molar-refractivity contribution is -0.385. The minimum absolute atomic E-state index is 0.0528. The lowest BCUT2D eigenvalue weighted by atomic mass is 10.1. The van der Waals surface area contributed by atoms with Gasteiger partial charge in [-0.3, -0.25) is 10.1 Å². The number of hydrogen-bond acceptors (Lipinski definition) is 3. The number of nitro groups is 1. The first-order chi connectivity index (χ1) is 9.92. The first kappa shape index (κ1) is 16.0. The first-order valence-electron chi connectivity index (χ1n) is 6.20. The molecule has 2 rings (SSSR count). The van der Waals surface area contributed by atoms with E-state index in [4.69, 9.17) is 4.74 Å². The van der Waals surface area contributed by atoms with Crippen LogP contribution in [0.15, 0.2) is 34.8 Å². The number of nitro benzene ring substituents is 1. The Kier molecular flexibility index (Phi) is 5.00. The van der Waals surface area contributed by atoms with Gasteiger partial charge in [-0.1, -0.05) is 49.6 Å². The molecule has 0 aliphatic heterocycles. The van der Waals surface area contributed by atoms with E-state index in [1.165, 1.54) is 6.07 Å². The summed E-state index contributed by atoms with van der Waals surface area (Å²) in [6, 6.07) is 8.98. The van der Waals surface area contributed by atoms with E-state index in [-0.39, 0.29) is 11.4 Å². The lowest BCUT2D eigenvalue weighted by Gasteiger charge is -2.13. The zero-order chi connectivity index (χ0) is 15.6. The summed E-state index contributed by atoms with van der Waals surface area (Å²) < 4.78 is 6.50. The number of rotatable bonds is 4. The lowest BCUT2D eigenvalue weighted by Crippen LogP contribution is -1.98. The number of ether oxygens (including phenoxy) is 1. The highest BCUT2D eigenvalue weighted by molar-refractivity contribution is 9.10. The molecule has 0 unspecified atom stereocenters. The summed E-state index contributed by atoms with van der Waals surface area (Å²) in [6.45, 7) is 3.78. The van der Waals surface area contributed by atoms with Gasteiger partial charge in [-0.2, -0.15) is 0 Å². The number of halogens is 2. The van der Waals surface area contributed by atoms with Crippen LogP contribution < -0.4 is 4.74 Å². The third-order valence-electron chi connectivity index (χ3n) is 2.99. The molecule has 0 atom stereocenters. The minimum Gasteiger partial charge on any atom is -0.450 e. The Morgan fingerprint density at radius 3 is 2.57 bits per heavy atom. The Morgan fingerprint density at radius 1 is 1.24 bits per heavy atom. The van der Waals surface area contributed by atoms with Gasteiger partial charge in [0.05, 0.1) is 4.92 Å². The van der Waals surface area contributed by atoms with Gasteiger partial charge >= 0.3 is 5.69 Å². The maximum absolute atomic E-state index is 11.2. The molecule has 0 aromatic heterocycles. The maximum atomic E-state index is 11.2. The molecular weight excluding hydrogens is 402 g/mol. The van der Waals surface area contributed by atoms with Gasteiger partial charge in [-0.15, -0.1) is 0 Å². The molecule has 0 N–H and O–H groups in total. The fourth-order valence-corrected chi connectivity index (χ4v) is 3.00. The SMILES string of the molecule is Cc1ccc(Oc2c(C)cc(Br)cc2[N+](=O)[O-])c(CBr)c1. The molecule has 0 saturated carbocycles. The molecule has 0 heterocycles. The number of alkyl halides is 1. The van der Waals surface area contributed by atoms with Gasteiger partial charge in [0.1, 0.15) is 5.75 Å². The van der Waals surface area contributed by atoms with Crippen molar-refractivity contribution < 1.29 is 9.66 Å². The second-order valence-electron chi connectivity index (χ2n) is 4.67. The summed E-state index contributed by atoms with van der Waals surface area (Å²) in [6.07, 6.45) is 0. The van der Waals surface area contributed by atoms with Crippen LogP contribution >= 0.6 is 31.9 Å². The van der Waals surface area contributed by atoms with E-state index in [1.54, 1.807) is 13.0 Å². The van der Waals surface area contributed by atoms with Crippen LogP contribution in [-0.4, -0.2) is 4.92 Å². The van der Waals surface area contributed by atoms with Gasteiger partial charge in [-0.05, 0) is 31.5 Å². The van der Waals surface area contributed by atoms with Crippen LogP contribution in [0.3, 0.4) is 0 Å². The van der Waals surface area contributed by atoms with Crippen LogP contribution in [0, 0.1) is 24.0 Å². The van der Waals surface area contributed by atoms with E-state index in [2.05, 4.69) is 31.9 Å². The van der Waals surface area contributed by atoms with Crippen LogP contribution in [0.25, 0.3) is 0 Å². The second kappa shape index (κ2) is 6.58. The number of nitrogens with zero attached hydrogens (tertiary/aromatic N) is 1. The van der Waals surface area contributed by atoms with Crippen molar-refractivity contribution in [2.75, 3.05) is 0 Å². The van der Waals surface area contributed by atoms with Crippen molar-refractivity contribution in [3.63, 3.8) is 0 Å². The van der Waals surface area contributed by atoms with Gasteiger partial charge in [0.2, 0.25) is 5.75 Å². The van der Waals surface area contributed by atoms with E-state index in [0.29, 0.717) is 21.1 Å². The second-order valence-corrected chi connectivity index (χ2v) is 6.15. The molecule has 2 aromatic rings. The Balaban J connectivity index is 2.51. The molecule has 4 nitrogen and oxygen atoms in total. The van der Waals surface area contributed by atoms with E-state index >= 15 is 0 Å². The summed E-state index contributed by atoms with van der Waals surface area (Å²) in [5.74, 6) is 0.889. The van der Waals surface area contributed by atoms with Crippen molar-refractivity contribution in [3.05, 3.63) is 61.6 Å². The molecule has 0 saturated heterocycles. The Morgan fingerprint density at radius 2 is 1.95 bits per heavy atom. The summed E-state index contributed by atoms with van der Waals surface area (Å²) >= 11 is 6.68. The Hall–Kier alpha value is -1.40. The van der Waals surface area contributed by atoms with Gasteiger partial charge in [0.25, 0.3) is 0 Å². The van der Waals surface area contributed by atoms with Crippen LogP contribution in [0.4, 0.5) is 5.69 Å². The molecule has 0 radical (unpaired) electrons. The maximum Gasteiger partial charge on any atom is 0.312 e. The normalized spacial score (nSPS) is 10.5. The predicted octanol–water partition coefficient (Wildman–Crippen LogP) is 5.66. The van der Waals surface area contributed by atoms with Crippen LogP contribution in [-0.2, 0) is 5.33 Å². The zero-order valence-corrected chi connectivity index (χ0v) is 14.7. The van der Waals surface area contributed by atoms with Crippen molar-refractivity contribution in [3.8, 4) is 11.5 Å². The van der Waals surface area contributed by atoms with Crippen molar-refractivity contribution in [2.24, 2.45) is 0 Å². The Bertz CT molecular complexity index is 702. The summed E-state index contributed by atoms with van der Waals surface area (Å²) in [7, 11) is 0.